The third-order valence-electron chi connectivity index (χ3n) is 14.2. The van der Waals surface area contributed by atoms with Crippen LogP contribution in [0.4, 0.5) is 17.1 Å². The summed E-state index contributed by atoms with van der Waals surface area (Å²) >= 11 is 5.22. The Morgan fingerprint density at radius 3 is 1.72 bits per heavy atom. The highest BCUT2D eigenvalue weighted by Gasteiger charge is 2.30. The number of carbonyl (C=O) groups is 1. The predicted octanol–water partition coefficient (Wildman–Crippen LogP) is 18.6. The Bertz CT molecular complexity index is 3390. The number of benzene rings is 5. The van der Waals surface area contributed by atoms with E-state index >= 15 is 0 Å². The van der Waals surface area contributed by atoms with Crippen molar-refractivity contribution in [3.8, 4) is 58.5 Å². The van der Waals surface area contributed by atoms with Gasteiger partial charge in [-0.1, -0.05) is 164 Å². The summed E-state index contributed by atoms with van der Waals surface area (Å²) < 4.78 is 0. The van der Waals surface area contributed by atoms with Gasteiger partial charge in [-0.2, -0.15) is 5.26 Å². The van der Waals surface area contributed by atoms with E-state index in [2.05, 4.69) is 166 Å². The third kappa shape index (κ3) is 9.61. The molecular formula is C62H58N4O2S3. The van der Waals surface area contributed by atoms with Crippen molar-refractivity contribution in [3.05, 3.63) is 155 Å². The average Bonchev–Trinajstić information content (AvgIpc) is 4.19. The summed E-state index contributed by atoms with van der Waals surface area (Å²) in [6, 6.07) is 49.6. The summed E-state index contributed by atoms with van der Waals surface area (Å²) in [6.07, 6.45) is 12.5. The van der Waals surface area contributed by atoms with Crippen molar-refractivity contribution < 1.29 is 9.90 Å². The van der Waals surface area contributed by atoms with Crippen LogP contribution >= 0.6 is 34.0 Å². The molecule has 6 nitrogen and oxygen atoms in total. The normalized spacial score (nSPS) is 12.9. The van der Waals surface area contributed by atoms with E-state index in [1.807, 2.05) is 17.4 Å². The molecule has 9 aromatic rings. The summed E-state index contributed by atoms with van der Waals surface area (Å²) in [6.45, 7) is 9.07. The fourth-order valence-electron chi connectivity index (χ4n) is 10.3. The Morgan fingerprint density at radius 1 is 0.634 bits per heavy atom. The summed E-state index contributed by atoms with van der Waals surface area (Å²) in [4.78, 5) is 32.4. The SMILES string of the molecule is CCCCC(CC)Cc1cc(-c2sc(-c3sc(-c4ccc(N(c5ccccc5)c5ccccc5)cc4)c4nc5c(nc34)-c3cccc4cccc-5c34)cc2CC(CC)CCCC)sc1/C=C(\C#N)C(=O)O. The number of hydrogen-bond acceptors (Lipinski definition) is 8. The third-order valence-corrected chi connectivity index (χ3v) is 18.1. The van der Waals surface area contributed by atoms with Crippen molar-refractivity contribution in [2.45, 2.75) is 91.9 Å². The minimum atomic E-state index is -1.20. The Balaban J connectivity index is 1.16. The second-order valence-electron chi connectivity index (χ2n) is 18.8. The minimum Gasteiger partial charge on any atom is -0.477 e. The van der Waals surface area contributed by atoms with E-state index < -0.39 is 5.97 Å². The van der Waals surface area contributed by atoms with Crippen molar-refractivity contribution >= 4 is 84.9 Å². The molecule has 0 saturated heterocycles. The van der Waals surface area contributed by atoms with E-state index in [1.165, 1.54) is 34.1 Å². The summed E-state index contributed by atoms with van der Waals surface area (Å²) in [5.74, 6) is -0.203. The van der Waals surface area contributed by atoms with Gasteiger partial charge in [0.2, 0.25) is 0 Å². The minimum absolute atomic E-state index is 0.235. The number of rotatable bonds is 20. The number of carboxylic acid groups (broad SMARTS) is 1. The lowest BCUT2D eigenvalue weighted by atomic mass is 9.91. The first-order valence-corrected chi connectivity index (χ1v) is 27.7. The molecule has 356 valence electrons. The number of nitriles is 1. The first-order valence-electron chi connectivity index (χ1n) is 25.3. The van der Waals surface area contributed by atoms with E-state index in [4.69, 9.17) is 9.97 Å². The van der Waals surface area contributed by atoms with Crippen LogP contribution in [0.25, 0.3) is 80.3 Å². The monoisotopic (exact) mass is 986 g/mol. The maximum atomic E-state index is 12.3. The molecule has 1 aliphatic rings. The zero-order valence-electron chi connectivity index (χ0n) is 40.9. The summed E-state index contributed by atoms with van der Waals surface area (Å²) in [5, 5.41) is 22.4. The molecule has 9 heteroatoms. The zero-order chi connectivity index (χ0) is 49.0. The molecule has 0 bridgehead atoms. The molecule has 2 unspecified atom stereocenters. The van der Waals surface area contributed by atoms with Gasteiger partial charge in [0.05, 0.1) is 21.1 Å². The average molecular weight is 987 g/mol. The van der Waals surface area contributed by atoms with E-state index in [-0.39, 0.29) is 5.57 Å². The molecule has 1 N–H and O–H groups in total. The first kappa shape index (κ1) is 48.0. The van der Waals surface area contributed by atoms with Gasteiger partial charge >= 0.3 is 5.97 Å². The quantitative estimate of drug-likeness (QED) is 0.0604. The Morgan fingerprint density at radius 2 is 1.17 bits per heavy atom. The van der Waals surface area contributed by atoms with Crippen LogP contribution in [0.2, 0.25) is 0 Å². The predicted molar refractivity (Wildman–Crippen MR) is 301 cm³/mol. The largest absolute Gasteiger partial charge is 0.477 e. The number of fused-ring (bicyclic) bond motifs is 4. The van der Waals surface area contributed by atoms with Gasteiger partial charge in [0.25, 0.3) is 0 Å². The number of aromatic nitrogens is 2. The molecule has 71 heavy (non-hydrogen) atoms. The van der Waals surface area contributed by atoms with E-state index in [9.17, 15) is 15.2 Å². The van der Waals surface area contributed by atoms with Gasteiger partial charge in [-0.25, -0.2) is 14.8 Å². The number of nitrogens with zero attached hydrogens (tertiary/aromatic N) is 4. The number of aliphatic carboxylic acids is 1. The standard InChI is InChI=1S/C62H58N4O2S3/c1-5-9-19-39(7-3)33-43-35-52(69-51(43)37-45(38-63)62(67)68)59-44(34-40(8-4)20-10-6-2)36-53(70-59)61-58-57(64-55-49-27-17-21-41-22-18-28-50(54(41)49)56(55)65-58)60(71-61)42-29-31-48(32-30-42)66(46-23-13-11-14-24-46)47-25-15-12-16-26-47/h11-18,21-32,35-37,39-40H,5-10,19-20,33-34H2,1-4H3,(H,67,68)/b45-37+. The lowest BCUT2D eigenvalue weighted by Crippen LogP contribution is -2.09. The lowest BCUT2D eigenvalue weighted by Gasteiger charge is -2.25. The van der Waals surface area contributed by atoms with E-state index in [0.29, 0.717) is 11.8 Å². The fourth-order valence-corrected chi connectivity index (χ4v) is 14.1. The van der Waals surface area contributed by atoms with E-state index in [1.54, 1.807) is 28.7 Å². The highest BCUT2D eigenvalue weighted by atomic mass is 32.1. The molecule has 5 aromatic carbocycles. The Hall–Kier alpha value is -6.70. The van der Waals surface area contributed by atoms with Crippen LogP contribution < -0.4 is 4.90 Å². The molecule has 0 spiro atoms. The van der Waals surface area contributed by atoms with Crippen LogP contribution in [0.3, 0.4) is 0 Å². The van der Waals surface area contributed by atoms with Gasteiger partial charge in [-0.3, -0.25) is 0 Å². The van der Waals surface area contributed by atoms with Gasteiger partial charge in [0, 0.05) is 53.1 Å². The van der Waals surface area contributed by atoms with Crippen LogP contribution in [0.1, 0.15) is 95.1 Å². The molecule has 2 atom stereocenters. The number of para-hydroxylation sites is 2. The Kier molecular flexibility index (Phi) is 14.4. The van der Waals surface area contributed by atoms with Crippen molar-refractivity contribution in [1.29, 1.82) is 5.26 Å². The van der Waals surface area contributed by atoms with Crippen LogP contribution in [0, 0.1) is 23.2 Å². The number of thiophene rings is 3. The highest BCUT2D eigenvalue weighted by molar-refractivity contribution is 7.28. The highest BCUT2D eigenvalue weighted by Crippen LogP contribution is 2.53. The molecule has 1 aliphatic carbocycles. The molecule has 0 saturated carbocycles. The number of anilines is 3. The van der Waals surface area contributed by atoms with Crippen LogP contribution in [-0.4, -0.2) is 21.0 Å². The number of unbranched alkanes of at least 4 members (excludes halogenated alkanes) is 2. The van der Waals surface area contributed by atoms with Crippen LogP contribution in [-0.2, 0) is 17.6 Å². The number of hydrogen-bond donors (Lipinski definition) is 1. The van der Waals surface area contributed by atoms with E-state index in [0.717, 1.165) is 137 Å². The molecule has 4 heterocycles. The number of carboxylic acids is 1. The maximum Gasteiger partial charge on any atom is 0.346 e. The first-order chi connectivity index (χ1) is 34.8. The summed E-state index contributed by atoms with van der Waals surface area (Å²) in [5.41, 5.74) is 12.4. The molecule has 0 aliphatic heterocycles. The van der Waals surface area contributed by atoms with Crippen LogP contribution in [0.5, 0.6) is 0 Å². The topological polar surface area (TPSA) is 90.1 Å². The second-order valence-corrected chi connectivity index (χ2v) is 22.0. The van der Waals surface area contributed by atoms with Crippen LogP contribution in [0.15, 0.2) is 139 Å². The smallest absolute Gasteiger partial charge is 0.346 e. The second kappa shape index (κ2) is 21.3. The van der Waals surface area contributed by atoms with Gasteiger partial charge in [0.15, 0.2) is 0 Å². The van der Waals surface area contributed by atoms with Crippen molar-refractivity contribution in [3.63, 3.8) is 0 Å². The maximum absolute atomic E-state index is 12.3. The molecular weight excluding hydrogens is 929 g/mol. The zero-order valence-corrected chi connectivity index (χ0v) is 43.3. The van der Waals surface area contributed by atoms with Crippen molar-refractivity contribution in [1.82, 2.24) is 9.97 Å². The molecule has 0 amide bonds. The Labute approximate surface area is 429 Å². The fraction of sp³-hybridized carbons (Fsp3) is 0.258. The molecule has 10 rings (SSSR count). The molecule has 4 aromatic heterocycles. The molecule has 0 fully saturated rings. The van der Waals surface area contributed by atoms with Crippen molar-refractivity contribution in [2.24, 2.45) is 11.8 Å². The van der Waals surface area contributed by atoms with Gasteiger partial charge in [0.1, 0.15) is 22.7 Å². The van der Waals surface area contributed by atoms with Crippen molar-refractivity contribution in [2.75, 3.05) is 4.90 Å². The van der Waals surface area contributed by atoms with Gasteiger partial charge in [-0.15, -0.1) is 34.0 Å². The molecule has 0 radical (unpaired) electrons. The van der Waals surface area contributed by atoms with Gasteiger partial charge in [-0.05, 0) is 101 Å². The lowest BCUT2D eigenvalue weighted by molar-refractivity contribution is -0.132. The summed E-state index contributed by atoms with van der Waals surface area (Å²) in [7, 11) is 0. The van der Waals surface area contributed by atoms with Gasteiger partial charge < -0.3 is 10.0 Å².